The Hall–Kier alpha value is -1.24. The van der Waals surface area contributed by atoms with Crippen LogP contribution in [0.3, 0.4) is 0 Å². The lowest BCUT2D eigenvalue weighted by atomic mass is 10.2. The number of halogens is 4. The minimum atomic E-state index is -3.23. The molecule has 84 valence electrons. The van der Waals surface area contributed by atoms with Gasteiger partial charge in [-0.1, -0.05) is 11.6 Å². The number of anilines is 1. The Morgan fingerprint density at radius 2 is 1.93 bits per heavy atom. The number of nitrogen functional groups attached to an aromatic ring is 1. The van der Waals surface area contributed by atoms with Gasteiger partial charge >= 0.3 is 0 Å². The van der Waals surface area contributed by atoms with E-state index in [0.29, 0.717) is 0 Å². The molecule has 1 unspecified atom stereocenters. The molecule has 15 heavy (non-hydrogen) atoms. The van der Waals surface area contributed by atoms with E-state index in [4.69, 9.17) is 17.3 Å². The lowest BCUT2D eigenvalue weighted by Crippen LogP contribution is -2.10. The third-order valence-electron chi connectivity index (χ3n) is 1.57. The van der Waals surface area contributed by atoms with Gasteiger partial charge < -0.3 is 10.5 Å². The predicted molar refractivity (Wildman–Crippen MR) is 47.9 cm³/mol. The van der Waals surface area contributed by atoms with Crippen molar-refractivity contribution in [2.24, 2.45) is 0 Å². The Morgan fingerprint density at radius 3 is 2.40 bits per heavy atom. The number of rotatable bonds is 3. The zero-order valence-corrected chi connectivity index (χ0v) is 8.30. The number of hydrogen-bond acceptors (Lipinski definition) is 4. The highest BCUT2D eigenvalue weighted by atomic mass is 35.5. The van der Waals surface area contributed by atoms with E-state index in [9.17, 15) is 13.2 Å². The number of methoxy groups -OCH3 is 1. The molecular formula is C7H7ClF3N3O. The smallest absolute Gasteiger partial charge is 0.273 e. The molecule has 0 spiro atoms. The number of hydrogen-bond donors (Lipinski definition) is 1. The number of aromatic nitrogens is 2. The summed E-state index contributed by atoms with van der Waals surface area (Å²) in [6.45, 7) is 0. The van der Waals surface area contributed by atoms with Crippen LogP contribution in [0.4, 0.5) is 19.1 Å². The summed E-state index contributed by atoms with van der Waals surface area (Å²) in [4.78, 5) is 6.81. The third kappa shape index (κ3) is 2.41. The summed E-state index contributed by atoms with van der Waals surface area (Å²) in [7, 11) is 1.14. The molecule has 0 amide bonds. The summed E-state index contributed by atoms with van der Waals surface area (Å²) in [5, 5.41) is -0.479. The van der Waals surface area contributed by atoms with Gasteiger partial charge in [0.2, 0.25) is 11.8 Å². The van der Waals surface area contributed by atoms with Gasteiger partial charge in [-0.2, -0.15) is 4.98 Å². The molecule has 0 saturated carbocycles. The van der Waals surface area contributed by atoms with Gasteiger partial charge in [0, 0.05) is 0 Å². The normalized spacial score (nSPS) is 12.9. The number of nitrogens with zero attached hydrogens (tertiary/aromatic N) is 2. The highest BCUT2D eigenvalue weighted by Gasteiger charge is 2.29. The van der Waals surface area contributed by atoms with Crippen LogP contribution in [0.15, 0.2) is 0 Å². The highest BCUT2D eigenvalue weighted by molar-refractivity contribution is 6.30. The lowest BCUT2D eigenvalue weighted by Gasteiger charge is -2.12. The van der Waals surface area contributed by atoms with E-state index in [1.54, 1.807) is 0 Å². The van der Waals surface area contributed by atoms with Crippen LogP contribution in [0.1, 0.15) is 11.7 Å². The van der Waals surface area contributed by atoms with Crippen molar-refractivity contribution < 1.29 is 17.9 Å². The van der Waals surface area contributed by atoms with Crippen LogP contribution in [0, 0.1) is 0 Å². The minimum absolute atomic E-state index is 0.276. The van der Waals surface area contributed by atoms with Crippen LogP contribution in [0.25, 0.3) is 0 Å². The summed E-state index contributed by atoms with van der Waals surface area (Å²) in [6.07, 6.45) is -5.84. The van der Waals surface area contributed by atoms with Gasteiger partial charge in [0.15, 0.2) is 6.17 Å². The van der Waals surface area contributed by atoms with Gasteiger partial charge in [0.05, 0.1) is 12.7 Å². The van der Waals surface area contributed by atoms with Gasteiger partial charge in [-0.05, 0) is 0 Å². The van der Waals surface area contributed by atoms with Crippen LogP contribution in [0.2, 0.25) is 5.15 Å². The predicted octanol–water partition coefficient (Wildman–Crippen LogP) is 2.00. The summed E-state index contributed by atoms with van der Waals surface area (Å²) in [5.41, 5.74) is 4.59. The Bertz CT molecular complexity index is 364. The van der Waals surface area contributed by atoms with E-state index < -0.39 is 23.3 Å². The molecule has 0 radical (unpaired) electrons. The van der Waals surface area contributed by atoms with Crippen molar-refractivity contribution in [2.75, 3.05) is 12.8 Å². The van der Waals surface area contributed by atoms with E-state index in [-0.39, 0.29) is 11.8 Å². The van der Waals surface area contributed by atoms with Crippen LogP contribution in [-0.4, -0.2) is 23.5 Å². The summed E-state index contributed by atoms with van der Waals surface area (Å²) in [5.74, 6) is -0.664. The lowest BCUT2D eigenvalue weighted by molar-refractivity contribution is 0.0477. The molecule has 1 aromatic heterocycles. The Morgan fingerprint density at radius 1 is 1.33 bits per heavy atom. The molecule has 0 aliphatic rings. The fourth-order valence-corrected chi connectivity index (χ4v) is 1.22. The SMILES string of the molecule is COc1nc(N)nc(Cl)c1C(F)C(F)F. The van der Waals surface area contributed by atoms with Crippen LogP contribution >= 0.6 is 11.6 Å². The average molecular weight is 242 g/mol. The maximum atomic E-state index is 13.1. The summed E-state index contributed by atoms with van der Waals surface area (Å²) in [6, 6.07) is 0. The van der Waals surface area contributed by atoms with Crippen LogP contribution in [-0.2, 0) is 0 Å². The van der Waals surface area contributed by atoms with E-state index in [1.807, 2.05) is 0 Å². The third-order valence-corrected chi connectivity index (χ3v) is 1.86. The molecule has 0 aliphatic heterocycles. The molecule has 8 heteroatoms. The number of alkyl halides is 3. The fraction of sp³-hybridized carbons (Fsp3) is 0.429. The van der Waals surface area contributed by atoms with Crippen molar-refractivity contribution in [3.8, 4) is 5.88 Å². The molecule has 0 aliphatic carbocycles. The second-order valence-electron chi connectivity index (χ2n) is 2.53. The molecule has 1 aromatic rings. The molecule has 0 aromatic carbocycles. The van der Waals surface area contributed by atoms with Gasteiger partial charge in [-0.3, -0.25) is 0 Å². The van der Waals surface area contributed by atoms with E-state index in [1.165, 1.54) is 0 Å². The van der Waals surface area contributed by atoms with Crippen molar-refractivity contribution in [1.82, 2.24) is 9.97 Å². The maximum Gasteiger partial charge on any atom is 0.273 e. The first kappa shape index (κ1) is 11.8. The Balaban J connectivity index is 3.26. The first-order chi connectivity index (χ1) is 6.97. The highest BCUT2D eigenvalue weighted by Crippen LogP contribution is 2.35. The summed E-state index contributed by atoms with van der Waals surface area (Å²) >= 11 is 5.47. The monoisotopic (exact) mass is 241 g/mol. The maximum absolute atomic E-state index is 13.1. The molecule has 0 fully saturated rings. The summed E-state index contributed by atoms with van der Waals surface area (Å²) < 4.78 is 41.9. The zero-order chi connectivity index (χ0) is 11.6. The first-order valence-electron chi connectivity index (χ1n) is 3.76. The van der Waals surface area contributed by atoms with Gasteiger partial charge in [-0.25, -0.2) is 18.2 Å². The molecular weight excluding hydrogens is 235 g/mol. The molecule has 2 N–H and O–H groups in total. The Labute approximate surface area is 88.2 Å². The molecule has 1 heterocycles. The molecule has 4 nitrogen and oxygen atoms in total. The van der Waals surface area contributed by atoms with Gasteiger partial charge in [0.25, 0.3) is 6.43 Å². The number of ether oxygens (including phenoxy) is 1. The van der Waals surface area contributed by atoms with Crippen LogP contribution < -0.4 is 10.5 Å². The van der Waals surface area contributed by atoms with Gasteiger partial charge in [-0.15, -0.1) is 0 Å². The average Bonchev–Trinajstić information content (AvgIpc) is 2.15. The van der Waals surface area contributed by atoms with E-state index >= 15 is 0 Å². The zero-order valence-electron chi connectivity index (χ0n) is 7.55. The largest absolute Gasteiger partial charge is 0.481 e. The first-order valence-corrected chi connectivity index (χ1v) is 4.14. The van der Waals surface area contributed by atoms with Gasteiger partial charge in [0.1, 0.15) is 5.15 Å². The van der Waals surface area contributed by atoms with Crippen molar-refractivity contribution in [1.29, 1.82) is 0 Å². The van der Waals surface area contributed by atoms with Crippen molar-refractivity contribution in [3.05, 3.63) is 10.7 Å². The van der Waals surface area contributed by atoms with Crippen molar-refractivity contribution in [3.63, 3.8) is 0 Å². The quantitative estimate of drug-likeness (QED) is 0.822. The number of nitrogens with two attached hydrogens (primary N) is 1. The van der Waals surface area contributed by atoms with Crippen molar-refractivity contribution in [2.45, 2.75) is 12.6 Å². The molecule has 0 saturated heterocycles. The minimum Gasteiger partial charge on any atom is -0.481 e. The fourth-order valence-electron chi connectivity index (χ4n) is 0.952. The Kier molecular flexibility index (Phi) is 3.57. The molecule has 1 atom stereocenters. The topological polar surface area (TPSA) is 61.0 Å². The molecule has 0 bridgehead atoms. The molecule has 1 rings (SSSR count). The standard InChI is InChI=1S/C7H7ClF3N3O/c1-15-6-2(3(9)5(10)11)4(8)13-7(12)14-6/h3,5H,1H3,(H2,12,13,14). The van der Waals surface area contributed by atoms with Crippen molar-refractivity contribution >= 4 is 17.5 Å². The van der Waals surface area contributed by atoms with Crippen LogP contribution in [0.5, 0.6) is 5.88 Å². The second kappa shape index (κ2) is 4.52. The van der Waals surface area contributed by atoms with E-state index in [0.717, 1.165) is 7.11 Å². The van der Waals surface area contributed by atoms with E-state index in [2.05, 4.69) is 14.7 Å². The second-order valence-corrected chi connectivity index (χ2v) is 2.89.